The van der Waals surface area contributed by atoms with Crippen LogP contribution in [-0.2, 0) is 17.8 Å². The molecule has 1 aromatic carbocycles. The molecule has 1 aliphatic rings. The maximum Gasteiger partial charge on any atom is 0.226 e. The molecule has 1 aliphatic heterocycles. The number of aromatic nitrogens is 1. The maximum absolute atomic E-state index is 11.5. The van der Waals surface area contributed by atoms with Crippen LogP contribution in [0, 0.1) is 0 Å². The molecule has 2 atom stereocenters. The minimum Gasteiger partial charge on any atom is -0.361 e. The van der Waals surface area contributed by atoms with E-state index in [0.29, 0.717) is 17.7 Å². The van der Waals surface area contributed by atoms with E-state index >= 15 is 0 Å². The smallest absolute Gasteiger partial charge is 0.226 e. The average molecular weight is 348 g/mol. The average Bonchev–Trinajstić information content (AvgIpc) is 2.98. The molecule has 3 rings (SSSR count). The van der Waals surface area contributed by atoms with Crippen molar-refractivity contribution in [3.8, 4) is 0 Å². The van der Waals surface area contributed by atoms with Crippen molar-refractivity contribution in [3.63, 3.8) is 0 Å². The second kappa shape index (κ2) is 6.93. The number of likely N-dealkylation sites (N-methyl/N-ethyl adjacent to an activating group) is 1. The molecule has 122 valence electrons. The summed E-state index contributed by atoms with van der Waals surface area (Å²) in [6, 6.07) is 9.00. The lowest BCUT2D eigenvalue weighted by Crippen LogP contribution is -2.41. The summed E-state index contributed by atoms with van der Waals surface area (Å²) in [4.78, 5) is 19.9. The van der Waals surface area contributed by atoms with Crippen LogP contribution in [0.3, 0.4) is 0 Å². The largest absolute Gasteiger partial charge is 0.361 e. The van der Waals surface area contributed by atoms with Crippen molar-refractivity contribution in [3.05, 3.63) is 40.3 Å². The highest BCUT2D eigenvalue weighted by molar-refractivity contribution is 8.00. The summed E-state index contributed by atoms with van der Waals surface area (Å²) in [7, 11) is 1.66. The first-order chi connectivity index (χ1) is 11.1. The second-order valence-electron chi connectivity index (χ2n) is 5.74. The van der Waals surface area contributed by atoms with Crippen molar-refractivity contribution >= 4 is 34.7 Å². The Bertz CT molecular complexity index is 701. The molecule has 0 saturated carbocycles. The van der Waals surface area contributed by atoms with Crippen LogP contribution in [0.15, 0.2) is 34.5 Å². The van der Waals surface area contributed by atoms with Crippen molar-refractivity contribution < 1.29 is 4.79 Å². The van der Waals surface area contributed by atoms with Gasteiger partial charge in [0.2, 0.25) is 5.91 Å². The van der Waals surface area contributed by atoms with E-state index in [1.807, 2.05) is 11.8 Å². The number of hydrogen-bond acceptors (Lipinski definition) is 5. The molecule has 2 aromatic rings. The lowest BCUT2D eigenvalue weighted by atomic mass is 10.1. The standard InChI is InChI=1S/C17H21N3OS2/c1-11-12(2)23-15-7-5-4-6-14(15)20(11)9-13-10-22-17(19-13)8-16(21)18-3/h4-7,10-12H,8-9H2,1-3H3,(H,18,21)/t11-,12-/m0/s1. The SMILES string of the molecule is CNC(=O)Cc1nc(CN2c3ccccc3S[C@@H](C)[C@@H]2C)cs1. The lowest BCUT2D eigenvalue weighted by molar-refractivity contribution is -0.119. The summed E-state index contributed by atoms with van der Waals surface area (Å²) in [6.45, 7) is 5.33. The number of anilines is 1. The predicted octanol–water partition coefficient (Wildman–Crippen LogP) is 3.32. The molecular weight excluding hydrogens is 326 g/mol. The first kappa shape index (κ1) is 16.3. The number of amides is 1. The van der Waals surface area contributed by atoms with Crippen LogP contribution in [-0.4, -0.2) is 29.2 Å². The molecule has 0 bridgehead atoms. The van der Waals surface area contributed by atoms with Gasteiger partial charge in [-0.3, -0.25) is 4.79 Å². The molecule has 0 radical (unpaired) electrons. The van der Waals surface area contributed by atoms with Gasteiger partial charge in [0.25, 0.3) is 0 Å². The number of rotatable bonds is 4. The lowest BCUT2D eigenvalue weighted by Gasteiger charge is -2.40. The fourth-order valence-corrected chi connectivity index (χ4v) is 4.69. The Labute approximate surface area is 145 Å². The second-order valence-corrected chi connectivity index (χ2v) is 8.10. The van der Waals surface area contributed by atoms with Crippen LogP contribution in [0.25, 0.3) is 0 Å². The molecule has 0 aliphatic carbocycles. The van der Waals surface area contributed by atoms with Gasteiger partial charge in [-0.15, -0.1) is 23.1 Å². The monoisotopic (exact) mass is 347 g/mol. The number of carbonyl (C=O) groups excluding carboxylic acids is 1. The minimum absolute atomic E-state index is 0.00704. The van der Waals surface area contributed by atoms with Crippen LogP contribution in [0.5, 0.6) is 0 Å². The molecule has 1 aromatic heterocycles. The topological polar surface area (TPSA) is 45.2 Å². The Morgan fingerprint density at radius 2 is 2.13 bits per heavy atom. The van der Waals surface area contributed by atoms with Crippen molar-refractivity contribution in [2.75, 3.05) is 11.9 Å². The van der Waals surface area contributed by atoms with E-state index in [4.69, 9.17) is 0 Å². The summed E-state index contributed by atoms with van der Waals surface area (Å²) in [6.07, 6.45) is 0.361. The van der Waals surface area contributed by atoms with Crippen LogP contribution >= 0.6 is 23.1 Å². The van der Waals surface area contributed by atoms with Crippen molar-refractivity contribution in [2.45, 2.75) is 43.0 Å². The zero-order valence-corrected chi connectivity index (χ0v) is 15.2. The predicted molar refractivity (Wildman–Crippen MR) is 97.3 cm³/mol. The molecule has 0 unspecified atom stereocenters. The van der Waals surface area contributed by atoms with Gasteiger partial charge in [-0.1, -0.05) is 19.1 Å². The molecule has 23 heavy (non-hydrogen) atoms. The summed E-state index contributed by atoms with van der Waals surface area (Å²) < 4.78 is 0. The quantitative estimate of drug-likeness (QED) is 0.921. The molecular formula is C17H21N3OS2. The van der Waals surface area contributed by atoms with Crippen molar-refractivity contribution in [1.82, 2.24) is 10.3 Å². The Hall–Kier alpha value is -1.53. The third-order valence-corrected chi connectivity index (χ3v) is 6.44. The van der Waals surface area contributed by atoms with Gasteiger partial charge in [0, 0.05) is 28.6 Å². The molecule has 1 N–H and O–H groups in total. The van der Waals surface area contributed by atoms with Crippen LogP contribution < -0.4 is 10.2 Å². The van der Waals surface area contributed by atoms with Gasteiger partial charge in [-0.05, 0) is 19.1 Å². The van der Waals surface area contributed by atoms with Crippen LogP contribution in [0.4, 0.5) is 5.69 Å². The van der Waals surface area contributed by atoms with Gasteiger partial charge in [0.15, 0.2) is 0 Å². The number of fused-ring (bicyclic) bond motifs is 1. The zero-order chi connectivity index (χ0) is 16.4. The van der Waals surface area contributed by atoms with Gasteiger partial charge in [0.1, 0.15) is 5.01 Å². The van der Waals surface area contributed by atoms with Gasteiger partial charge < -0.3 is 10.2 Å². The molecule has 0 spiro atoms. The number of para-hydroxylation sites is 1. The number of nitrogens with zero attached hydrogens (tertiary/aromatic N) is 2. The van der Waals surface area contributed by atoms with Crippen LogP contribution in [0.1, 0.15) is 24.5 Å². The zero-order valence-electron chi connectivity index (χ0n) is 13.6. The summed E-state index contributed by atoms with van der Waals surface area (Å²) in [5.74, 6) is 0.00704. The Morgan fingerprint density at radius 1 is 1.35 bits per heavy atom. The highest BCUT2D eigenvalue weighted by Gasteiger charge is 2.29. The van der Waals surface area contributed by atoms with Crippen molar-refractivity contribution in [2.24, 2.45) is 0 Å². The number of nitrogens with one attached hydrogen (secondary N) is 1. The van der Waals surface area contributed by atoms with Gasteiger partial charge >= 0.3 is 0 Å². The third kappa shape index (κ3) is 3.53. The van der Waals surface area contributed by atoms with Crippen molar-refractivity contribution in [1.29, 1.82) is 0 Å². The highest BCUT2D eigenvalue weighted by atomic mass is 32.2. The Balaban J connectivity index is 1.80. The van der Waals surface area contributed by atoms with Gasteiger partial charge in [0.05, 0.1) is 24.3 Å². The summed E-state index contributed by atoms with van der Waals surface area (Å²) in [5.41, 5.74) is 2.32. The highest BCUT2D eigenvalue weighted by Crippen LogP contribution is 2.41. The number of thiazole rings is 1. The van der Waals surface area contributed by atoms with E-state index in [1.54, 1.807) is 18.4 Å². The van der Waals surface area contributed by atoms with E-state index < -0.39 is 0 Å². The Kier molecular flexibility index (Phi) is 4.92. The summed E-state index contributed by atoms with van der Waals surface area (Å²) in [5, 5.41) is 6.12. The number of carbonyl (C=O) groups is 1. The molecule has 0 fully saturated rings. The van der Waals surface area contributed by atoms with Gasteiger partial charge in [-0.2, -0.15) is 0 Å². The van der Waals surface area contributed by atoms with Crippen LogP contribution in [0.2, 0.25) is 0 Å². The van der Waals surface area contributed by atoms with Gasteiger partial charge in [-0.25, -0.2) is 4.98 Å². The molecule has 1 amide bonds. The maximum atomic E-state index is 11.5. The first-order valence-corrected chi connectivity index (χ1v) is 9.50. The minimum atomic E-state index is 0.00704. The Morgan fingerprint density at radius 3 is 2.91 bits per heavy atom. The number of hydrogen-bond donors (Lipinski definition) is 1. The van der Waals surface area contributed by atoms with E-state index in [0.717, 1.165) is 17.2 Å². The van der Waals surface area contributed by atoms with E-state index in [2.05, 4.69) is 58.7 Å². The van der Waals surface area contributed by atoms with E-state index in [-0.39, 0.29) is 5.91 Å². The molecule has 6 heteroatoms. The third-order valence-electron chi connectivity index (χ3n) is 4.18. The number of thioether (sulfide) groups is 1. The normalized spacial score (nSPS) is 20.2. The number of benzene rings is 1. The first-order valence-electron chi connectivity index (χ1n) is 7.74. The fraction of sp³-hybridized carbons (Fsp3) is 0.412. The van der Waals surface area contributed by atoms with E-state index in [9.17, 15) is 4.79 Å². The molecule has 2 heterocycles. The molecule has 0 saturated heterocycles. The molecule has 4 nitrogen and oxygen atoms in total. The van der Waals surface area contributed by atoms with E-state index in [1.165, 1.54) is 10.6 Å². The fourth-order valence-electron chi connectivity index (χ4n) is 2.70. The summed E-state index contributed by atoms with van der Waals surface area (Å²) >= 11 is 3.50.